The molecule has 9 heteroatoms. The van der Waals surface area contributed by atoms with Crippen LogP contribution in [0.3, 0.4) is 0 Å². The Morgan fingerprint density at radius 2 is 2.00 bits per heavy atom. The van der Waals surface area contributed by atoms with Crippen LogP contribution in [0.5, 0.6) is 0 Å². The van der Waals surface area contributed by atoms with Crippen LogP contribution >= 0.6 is 0 Å². The van der Waals surface area contributed by atoms with Gasteiger partial charge < -0.3 is 14.9 Å². The number of carboxylic acid groups (broad SMARTS) is 1. The molecule has 0 saturated carbocycles. The first kappa shape index (κ1) is 17.8. The van der Waals surface area contributed by atoms with Gasteiger partial charge in [0.15, 0.2) is 5.52 Å². The molecule has 1 N–H and O–H groups in total. The number of hydrogen-bond acceptors (Lipinski definition) is 5. The molecule has 1 fully saturated rings. The largest absolute Gasteiger partial charge is 0.465 e. The van der Waals surface area contributed by atoms with E-state index in [0.717, 1.165) is 38.2 Å². The van der Waals surface area contributed by atoms with Gasteiger partial charge in [0.2, 0.25) is 5.95 Å². The maximum absolute atomic E-state index is 12.9. The Kier molecular flexibility index (Phi) is 4.53. The third kappa shape index (κ3) is 3.15. The van der Waals surface area contributed by atoms with Crippen molar-refractivity contribution in [2.24, 2.45) is 5.92 Å². The van der Waals surface area contributed by atoms with Crippen LogP contribution in [0, 0.1) is 5.92 Å². The van der Waals surface area contributed by atoms with Crippen LogP contribution in [0.2, 0.25) is 0 Å². The fourth-order valence-electron chi connectivity index (χ4n) is 4.12. The molecule has 0 bridgehead atoms. The molecule has 4 rings (SSSR count). The van der Waals surface area contributed by atoms with E-state index in [9.17, 15) is 9.59 Å². The van der Waals surface area contributed by atoms with Gasteiger partial charge in [0, 0.05) is 38.6 Å². The molecule has 4 heterocycles. The van der Waals surface area contributed by atoms with Crippen molar-refractivity contribution in [3.63, 3.8) is 0 Å². The van der Waals surface area contributed by atoms with E-state index in [1.165, 1.54) is 4.90 Å². The molecule has 9 nitrogen and oxygen atoms in total. The average molecular weight is 374 g/mol. The standard InChI is InChI=1S/C18H26N6O3/c1-12(2)15-19-10-14-16(25)23-7-3-6-22(17(23)20-24(14)15)11-13-4-8-21(9-5-13)18(26)27/h10,12-13H,3-9,11H2,1-2H3,(H,26,27). The van der Waals surface area contributed by atoms with Crippen molar-refractivity contribution in [2.75, 3.05) is 31.1 Å². The lowest BCUT2D eigenvalue weighted by molar-refractivity contribution is 0.125. The zero-order valence-electron chi connectivity index (χ0n) is 15.8. The highest BCUT2D eigenvalue weighted by Gasteiger charge is 2.28. The number of piperidine rings is 1. The van der Waals surface area contributed by atoms with Crippen molar-refractivity contribution in [3.05, 3.63) is 22.4 Å². The Labute approximate surface area is 157 Å². The molecule has 1 saturated heterocycles. The van der Waals surface area contributed by atoms with Crippen LogP contribution < -0.4 is 10.5 Å². The zero-order chi connectivity index (χ0) is 19.1. The van der Waals surface area contributed by atoms with Crippen molar-refractivity contribution in [1.29, 1.82) is 0 Å². The maximum Gasteiger partial charge on any atom is 0.407 e. The Morgan fingerprint density at radius 3 is 2.67 bits per heavy atom. The Morgan fingerprint density at radius 1 is 1.26 bits per heavy atom. The van der Waals surface area contributed by atoms with Crippen LogP contribution in [-0.2, 0) is 6.54 Å². The molecular weight excluding hydrogens is 348 g/mol. The maximum atomic E-state index is 12.9. The lowest BCUT2D eigenvalue weighted by Crippen LogP contribution is -2.45. The van der Waals surface area contributed by atoms with Gasteiger partial charge in [-0.2, -0.15) is 0 Å². The number of carbonyl (C=O) groups is 1. The van der Waals surface area contributed by atoms with E-state index in [4.69, 9.17) is 10.2 Å². The number of anilines is 1. The molecule has 27 heavy (non-hydrogen) atoms. The highest BCUT2D eigenvalue weighted by Crippen LogP contribution is 2.24. The molecule has 0 unspecified atom stereocenters. The fraction of sp³-hybridized carbons (Fsp3) is 0.667. The summed E-state index contributed by atoms with van der Waals surface area (Å²) in [6.45, 7) is 7.58. The number of aromatic nitrogens is 4. The summed E-state index contributed by atoms with van der Waals surface area (Å²) >= 11 is 0. The van der Waals surface area contributed by atoms with Crippen LogP contribution in [-0.4, -0.2) is 61.4 Å². The number of hydrogen-bond donors (Lipinski definition) is 1. The van der Waals surface area contributed by atoms with Gasteiger partial charge in [-0.1, -0.05) is 13.8 Å². The van der Waals surface area contributed by atoms with Gasteiger partial charge in [-0.3, -0.25) is 9.36 Å². The summed E-state index contributed by atoms with van der Waals surface area (Å²) in [7, 11) is 0. The van der Waals surface area contributed by atoms with Gasteiger partial charge in [0.05, 0.1) is 6.20 Å². The third-order valence-corrected chi connectivity index (χ3v) is 5.63. The van der Waals surface area contributed by atoms with Crippen molar-refractivity contribution in [1.82, 2.24) is 24.1 Å². The number of fused-ring (bicyclic) bond motifs is 2. The highest BCUT2D eigenvalue weighted by atomic mass is 16.4. The first-order valence-electron chi connectivity index (χ1n) is 9.67. The Balaban J connectivity index is 1.62. The van der Waals surface area contributed by atoms with Crippen LogP contribution in [0.1, 0.15) is 44.9 Å². The SMILES string of the molecule is CC(C)c1ncc2c(=O)n3c(nn12)N(CC1CCN(C(=O)O)CC1)CCC3. The second kappa shape index (κ2) is 6.86. The predicted octanol–water partition coefficient (Wildman–Crippen LogP) is 1.61. The summed E-state index contributed by atoms with van der Waals surface area (Å²) in [6, 6.07) is 0. The van der Waals surface area contributed by atoms with E-state index in [-0.39, 0.29) is 11.5 Å². The molecule has 2 aromatic rings. The lowest BCUT2D eigenvalue weighted by atomic mass is 9.96. The van der Waals surface area contributed by atoms with E-state index in [0.29, 0.717) is 37.0 Å². The van der Waals surface area contributed by atoms with E-state index in [2.05, 4.69) is 9.88 Å². The smallest absolute Gasteiger partial charge is 0.407 e. The van der Waals surface area contributed by atoms with Crippen molar-refractivity contribution < 1.29 is 9.90 Å². The molecule has 0 radical (unpaired) electrons. The van der Waals surface area contributed by atoms with Crippen molar-refractivity contribution in [2.45, 2.75) is 45.6 Å². The summed E-state index contributed by atoms with van der Waals surface area (Å²) in [4.78, 5) is 32.1. The van der Waals surface area contributed by atoms with E-state index in [1.807, 2.05) is 13.8 Å². The highest BCUT2D eigenvalue weighted by molar-refractivity contribution is 5.65. The minimum atomic E-state index is -0.839. The minimum absolute atomic E-state index is 0.0372. The van der Waals surface area contributed by atoms with E-state index < -0.39 is 6.09 Å². The topological polar surface area (TPSA) is 96.0 Å². The van der Waals surface area contributed by atoms with Crippen molar-refractivity contribution in [3.8, 4) is 0 Å². The summed E-state index contributed by atoms with van der Waals surface area (Å²) < 4.78 is 3.46. The lowest BCUT2D eigenvalue weighted by Gasteiger charge is -2.36. The summed E-state index contributed by atoms with van der Waals surface area (Å²) in [5.41, 5.74) is 0.490. The molecule has 2 aliphatic heterocycles. The predicted molar refractivity (Wildman–Crippen MR) is 100 cm³/mol. The Hall–Kier alpha value is -2.58. The average Bonchev–Trinajstić information content (AvgIpc) is 3.07. The van der Waals surface area contributed by atoms with Gasteiger partial charge in [-0.25, -0.2) is 14.3 Å². The third-order valence-electron chi connectivity index (χ3n) is 5.63. The van der Waals surface area contributed by atoms with E-state index >= 15 is 0 Å². The summed E-state index contributed by atoms with van der Waals surface area (Å²) in [5.74, 6) is 2.09. The fourth-order valence-corrected chi connectivity index (χ4v) is 4.12. The normalized spacial score (nSPS) is 18.3. The molecule has 0 spiro atoms. The monoisotopic (exact) mass is 374 g/mol. The quantitative estimate of drug-likeness (QED) is 0.877. The Bertz CT molecular complexity index is 910. The molecule has 0 atom stereocenters. The first-order valence-corrected chi connectivity index (χ1v) is 9.67. The molecule has 146 valence electrons. The minimum Gasteiger partial charge on any atom is -0.465 e. The summed E-state index contributed by atoms with van der Waals surface area (Å²) in [5, 5.41) is 13.9. The van der Waals surface area contributed by atoms with E-state index in [1.54, 1.807) is 15.3 Å². The number of rotatable bonds is 3. The molecule has 0 aliphatic carbocycles. The van der Waals surface area contributed by atoms with Crippen LogP contribution in [0.4, 0.5) is 10.7 Å². The molecule has 1 amide bonds. The van der Waals surface area contributed by atoms with Crippen LogP contribution in [0.15, 0.2) is 11.0 Å². The molecular formula is C18H26N6O3. The zero-order valence-corrected chi connectivity index (χ0v) is 15.8. The number of imidazole rings is 1. The number of likely N-dealkylation sites (tertiary alicyclic amines) is 1. The number of amides is 1. The molecule has 2 aliphatic rings. The van der Waals surface area contributed by atoms with Gasteiger partial charge in [-0.15, -0.1) is 5.10 Å². The first-order chi connectivity index (χ1) is 13.0. The molecule has 0 aromatic carbocycles. The van der Waals surface area contributed by atoms with Crippen molar-refractivity contribution >= 4 is 17.6 Å². The second-order valence-electron chi connectivity index (χ2n) is 7.84. The van der Waals surface area contributed by atoms with Gasteiger partial charge in [0.25, 0.3) is 5.56 Å². The summed E-state index contributed by atoms with van der Waals surface area (Å²) in [6.07, 6.45) is 3.38. The van der Waals surface area contributed by atoms with Crippen LogP contribution in [0.25, 0.3) is 5.52 Å². The number of nitrogens with zero attached hydrogens (tertiary/aromatic N) is 6. The second-order valence-corrected chi connectivity index (χ2v) is 7.84. The van der Waals surface area contributed by atoms with Gasteiger partial charge in [-0.05, 0) is 25.2 Å². The molecule has 2 aromatic heterocycles. The van der Waals surface area contributed by atoms with Gasteiger partial charge in [0.1, 0.15) is 5.82 Å². The van der Waals surface area contributed by atoms with Gasteiger partial charge >= 0.3 is 6.09 Å².